The Morgan fingerprint density at radius 2 is 1.55 bits per heavy atom. The minimum atomic E-state index is -10.7. The van der Waals surface area contributed by atoms with E-state index >= 15 is 0 Å². The zero-order chi connectivity index (χ0) is 21.9. The van der Waals surface area contributed by atoms with Crippen LogP contribution in [0.5, 0.6) is 0 Å². The van der Waals surface area contributed by atoms with Crippen LogP contribution in [0.2, 0.25) is 0 Å². The average molecular weight is 482 g/mol. The fourth-order valence-electron chi connectivity index (χ4n) is 1.64. The van der Waals surface area contributed by atoms with Crippen LogP contribution in [0.3, 0.4) is 0 Å². The molecule has 0 aromatic rings. The van der Waals surface area contributed by atoms with Gasteiger partial charge in [0.2, 0.25) is 0 Å². The van der Waals surface area contributed by atoms with Crippen LogP contribution in [0.25, 0.3) is 5.53 Å². The second-order valence-corrected chi connectivity index (χ2v) is 6.83. The van der Waals surface area contributed by atoms with Gasteiger partial charge in [-0.3, -0.25) is 0 Å². The number of esters is 1. The van der Waals surface area contributed by atoms with Gasteiger partial charge >= 0.3 is 44.7 Å². The summed E-state index contributed by atoms with van der Waals surface area (Å²) < 4.78 is 63.9. The van der Waals surface area contributed by atoms with Crippen molar-refractivity contribution in [1.82, 2.24) is 0 Å². The van der Waals surface area contributed by atoms with Gasteiger partial charge in [-0.1, -0.05) is 0 Å². The quantitative estimate of drug-likeness (QED) is 0.106. The van der Waals surface area contributed by atoms with E-state index < -0.39 is 19.7 Å². The zero-order valence-corrected chi connectivity index (χ0v) is 16.7. The summed E-state index contributed by atoms with van der Waals surface area (Å²) in [5, 5.41) is 8.86. The van der Waals surface area contributed by atoms with E-state index in [2.05, 4.69) is 4.79 Å². The molecule has 5 nitrogen and oxygen atoms in total. The molecule has 2 saturated carbocycles. The van der Waals surface area contributed by atoms with Crippen molar-refractivity contribution in [2.24, 2.45) is 5.92 Å². The fraction of sp³-hybridized carbons (Fsp3) is 0.188. The first-order valence-electron chi connectivity index (χ1n) is 7.43. The first-order valence-corrected chi connectivity index (χ1v) is 9.46. The van der Waals surface area contributed by atoms with E-state index in [0.717, 1.165) is 0 Å². The van der Waals surface area contributed by atoms with Crippen molar-refractivity contribution in [3.05, 3.63) is 69.2 Å². The van der Waals surface area contributed by atoms with Crippen molar-refractivity contribution in [1.29, 1.82) is 5.26 Å². The van der Waals surface area contributed by atoms with Gasteiger partial charge in [-0.2, -0.15) is 10.1 Å². The van der Waals surface area contributed by atoms with Gasteiger partial charge in [-0.05, 0) is 64.7 Å². The molecule has 0 heterocycles. The molecule has 0 amide bonds. The molecule has 2 rings (SSSR count). The monoisotopic (exact) mass is 482 g/mol. The number of nitrogens with zero attached hydrogens (tertiary/aromatic N) is 3. The van der Waals surface area contributed by atoms with Crippen LogP contribution in [0.1, 0.15) is 6.92 Å². The summed E-state index contributed by atoms with van der Waals surface area (Å²) in [6, 6.07) is 1.94. The molecule has 29 heavy (non-hydrogen) atoms. The fourth-order valence-corrected chi connectivity index (χ4v) is 1.64. The van der Waals surface area contributed by atoms with Gasteiger partial charge in [0, 0.05) is 17.1 Å². The molecule has 0 N–H and O–H groups in total. The van der Waals surface area contributed by atoms with Crippen molar-refractivity contribution in [2.45, 2.75) is 6.92 Å². The van der Waals surface area contributed by atoms with E-state index in [1.807, 2.05) is 38.2 Å². The van der Waals surface area contributed by atoms with E-state index in [0.29, 0.717) is 5.92 Å². The van der Waals surface area contributed by atoms with Gasteiger partial charge in [0.25, 0.3) is 0 Å². The number of hydrogen-bond donors (Lipinski definition) is 0. The molecule has 0 spiro atoms. The second-order valence-electron chi connectivity index (χ2n) is 4.92. The second kappa shape index (κ2) is 11.9. The van der Waals surface area contributed by atoms with Gasteiger partial charge in [-0.25, -0.2) is 4.79 Å². The van der Waals surface area contributed by atoms with Crippen molar-refractivity contribution in [3.8, 4) is 6.07 Å². The first kappa shape index (κ1) is 30.1. The molecule has 2 aliphatic carbocycles. The zero-order valence-electron chi connectivity index (χ0n) is 14.7. The van der Waals surface area contributed by atoms with Gasteiger partial charge in [0.15, 0.2) is 0 Å². The molecule has 2 fully saturated rings. The maximum absolute atomic E-state index is 11.4. The van der Waals surface area contributed by atoms with Crippen LogP contribution in [0.15, 0.2) is 0 Å². The standard InChI is InChI=1S/C11H10N3O2.C5H5.F6P.Fe/c1-2-16-11(15)10(14-13)9-6-4-3-5-8(9)7-12;1-2-4-5-3-1;1-7(2,3,4,5)6;/h3-6,9H,2H2,1H3;1-5H;;/q;;-1;/t9-;;;/m1.../s1. The summed E-state index contributed by atoms with van der Waals surface area (Å²) in [5.41, 5.74) is 8.61. The number of nitriles is 1. The Labute approximate surface area is 176 Å². The third-order valence-electron chi connectivity index (χ3n) is 2.60. The molecule has 0 bridgehead atoms. The van der Waals surface area contributed by atoms with Gasteiger partial charge < -0.3 is 10.3 Å². The Kier molecular flexibility index (Phi) is 12.3. The molecule has 2 aliphatic rings. The molecular weight excluding hydrogens is 467 g/mol. The van der Waals surface area contributed by atoms with Crippen LogP contribution in [0.4, 0.5) is 25.2 Å². The van der Waals surface area contributed by atoms with Gasteiger partial charge in [-0.15, -0.1) is 0 Å². The summed E-state index contributed by atoms with van der Waals surface area (Å²) in [6.07, 6.45) is 16.5. The summed E-state index contributed by atoms with van der Waals surface area (Å²) in [7, 11) is -10.7. The first-order chi connectivity index (χ1) is 12.7. The maximum atomic E-state index is 11.4. The molecule has 162 valence electrons. The summed E-state index contributed by atoms with van der Waals surface area (Å²) >= 11 is 0. The Balaban J connectivity index is 0. The number of carbonyl (C=O) groups is 1. The molecular formula is C16H15F6FeN3O2P-. The van der Waals surface area contributed by atoms with E-state index in [1.165, 1.54) is 0 Å². The van der Waals surface area contributed by atoms with Crippen LogP contribution in [-0.2, 0) is 26.6 Å². The smallest absolute Gasteiger partial charge is 0 e. The number of rotatable bonds is 3. The minimum Gasteiger partial charge on any atom is -0.0312 e. The maximum Gasteiger partial charge on any atom is 0 e. The predicted octanol–water partition coefficient (Wildman–Crippen LogP) is 5.17. The number of hydrogen-bond acceptors (Lipinski definition) is 3. The normalized spacial score (nSPS) is 21.1. The van der Waals surface area contributed by atoms with E-state index in [9.17, 15) is 30.0 Å². The van der Waals surface area contributed by atoms with Crippen molar-refractivity contribution in [3.63, 3.8) is 0 Å². The summed E-state index contributed by atoms with van der Waals surface area (Å²) in [6.45, 7) is 1.84. The van der Waals surface area contributed by atoms with E-state index in [-0.39, 0.29) is 29.4 Å². The van der Waals surface area contributed by atoms with Crippen LogP contribution in [-0.4, -0.2) is 23.1 Å². The number of halogens is 6. The molecule has 0 aliphatic heterocycles. The van der Waals surface area contributed by atoms with E-state index in [1.54, 1.807) is 32.6 Å². The molecule has 13 heteroatoms. The average Bonchev–Trinajstić information content (AvgIpc) is 3.13. The van der Waals surface area contributed by atoms with Crippen LogP contribution >= 0.6 is 7.81 Å². The predicted molar refractivity (Wildman–Crippen MR) is 89.9 cm³/mol. The molecule has 0 unspecified atom stereocenters. The topological polar surface area (TPSA) is 86.5 Å². The number of carbonyl (C=O) groups excluding carboxylic acids is 1. The molecule has 0 saturated heterocycles. The molecule has 1 atom stereocenters. The minimum absolute atomic E-state index is 0. The largest absolute Gasteiger partial charge is 0.0312 e. The molecule has 10 radical (unpaired) electrons. The summed E-state index contributed by atoms with van der Waals surface area (Å²) in [4.78, 5) is 14.4. The third-order valence-corrected chi connectivity index (χ3v) is 2.60. The molecule has 0 aromatic heterocycles. The Morgan fingerprint density at radius 1 is 1.10 bits per heavy atom. The molecule has 0 aromatic carbocycles. The Morgan fingerprint density at radius 3 is 1.90 bits per heavy atom. The van der Waals surface area contributed by atoms with Crippen LogP contribution < -0.4 is 0 Å². The Bertz CT molecular complexity index is 595. The third kappa shape index (κ3) is 18.6. The van der Waals surface area contributed by atoms with Crippen LogP contribution in [0, 0.1) is 81.0 Å². The Hall–Kier alpha value is -1.13. The van der Waals surface area contributed by atoms with E-state index in [4.69, 9.17) is 15.5 Å². The van der Waals surface area contributed by atoms with Crippen molar-refractivity contribution >= 4 is 19.5 Å². The SMILES string of the molecule is CCOC(=O)C(=[N+]=[N-])[C@@H]1[CH][CH][CH][CH][C]1C#N.F[P-](F)(F)(F)(F)F.[CH]1[CH][CH][CH][CH]1.[Fe]. The van der Waals surface area contributed by atoms with Gasteiger partial charge in [0.05, 0.1) is 24.5 Å². The summed E-state index contributed by atoms with van der Waals surface area (Å²) in [5.74, 6) is -1.02. The van der Waals surface area contributed by atoms with Gasteiger partial charge in [0.1, 0.15) is 0 Å². The number of ether oxygens (including phenoxy) is 1. The van der Waals surface area contributed by atoms with Crippen molar-refractivity contribution < 1.29 is 56.6 Å². The van der Waals surface area contributed by atoms with Crippen molar-refractivity contribution in [2.75, 3.05) is 6.61 Å².